The third-order valence-corrected chi connectivity index (χ3v) is 12.4. The predicted octanol–water partition coefficient (Wildman–Crippen LogP) is 7.60. The number of nitrogens with zero attached hydrogens (tertiary/aromatic N) is 1. The Morgan fingerprint density at radius 1 is 0.882 bits per heavy atom. The van der Waals surface area contributed by atoms with Crippen molar-refractivity contribution in [1.82, 2.24) is 0 Å². The molecule has 0 bridgehead atoms. The summed E-state index contributed by atoms with van der Waals surface area (Å²) in [5.74, 6) is -3.97. The fraction of sp³-hybridized carbons (Fsp3) is 0.256. The summed E-state index contributed by atoms with van der Waals surface area (Å²) in [5, 5.41) is 10.9. The third-order valence-electron chi connectivity index (χ3n) is 11.6. The molecule has 2 amide bonds. The lowest BCUT2D eigenvalue weighted by molar-refractivity contribution is -0.135. The number of allylic oxidation sites excluding steroid dienone is 4. The minimum atomic E-state index is -1.36. The number of benzene rings is 4. The summed E-state index contributed by atoms with van der Waals surface area (Å²) in [4.78, 5) is 60.4. The van der Waals surface area contributed by atoms with E-state index >= 15 is 9.59 Å². The zero-order chi connectivity index (χ0) is 35.6. The number of aryl methyl sites for hydroxylation is 1. The molecule has 0 spiro atoms. The molecule has 7 nitrogen and oxygen atoms in total. The number of anilines is 1. The molecule has 3 aliphatic carbocycles. The van der Waals surface area contributed by atoms with Gasteiger partial charge >= 0.3 is 0 Å². The van der Waals surface area contributed by atoms with Crippen molar-refractivity contribution in [2.75, 3.05) is 12.0 Å². The van der Waals surface area contributed by atoms with Gasteiger partial charge < -0.3 is 9.84 Å². The summed E-state index contributed by atoms with van der Waals surface area (Å²) in [6.45, 7) is 2.05. The standard InChI is InChI=1S/C43H36INO6/c1-3-24-14-16-28(17-15-24)45-41(49)30-19-18-29-32(37(30)42(45)50)22-33-39(47)31(25-10-6-4-7-11-25)23-36(46)43(33,27-12-8-5-9-13-27)38(29)26-20-34(44)40(48)35(21-26)51-2/h4-18,20-21,23,30,32-33,37-38,48H,3,19,22H2,1-2H3. The Labute approximate surface area is 310 Å². The average molecular weight is 790 g/mol. The van der Waals surface area contributed by atoms with Crippen LogP contribution >= 0.6 is 22.6 Å². The Morgan fingerprint density at radius 2 is 1.57 bits per heavy atom. The van der Waals surface area contributed by atoms with E-state index in [0.717, 1.165) is 17.6 Å². The van der Waals surface area contributed by atoms with Crippen molar-refractivity contribution < 1.29 is 29.0 Å². The highest BCUT2D eigenvalue weighted by molar-refractivity contribution is 14.1. The smallest absolute Gasteiger partial charge is 0.238 e. The van der Waals surface area contributed by atoms with E-state index in [0.29, 0.717) is 37.9 Å². The summed E-state index contributed by atoms with van der Waals surface area (Å²) in [5.41, 5.74) is 3.55. The normalized spacial score (nSPS) is 27.0. The molecule has 256 valence electrons. The quantitative estimate of drug-likeness (QED) is 0.123. The molecule has 51 heavy (non-hydrogen) atoms. The number of carbonyl (C=O) groups is 4. The molecule has 0 radical (unpaired) electrons. The Kier molecular flexibility index (Phi) is 8.32. The Hall–Kier alpha value is -4.83. The van der Waals surface area contributed by atoms with Gasteiger partial charge in [0.05, 0.1) is 33.6 Å². The van der Waals surface area contributed by atoms with E-state index in [4.69, 9.17) is 4.74 Å². The van der Waals surface area contributed by atoms with Crippen molar-refractivity contribution in [3.63, 3.8) is 0 Å². The molecular weight excluding hydrogens is 753 g/mol. The number of hydrogen-bond donors (Lipinski definition) is 1. The van der Waals surface area contributed by atoms with Gasteiger partial charge in [0.15, 0.2) is 23.1 Å². The number of carbonyl (C=O) groups excluding carboxylic acids is 4. The maximum absolute atomic E-state index is 15.2. The predicted molar refractivity (Wildman–Crippen MR) is 202 cm³/mol. The monoisotopic (exact) mass is 789 g/mol. The lowest BCUT2D eigenvalue weighted by Gasteiger charge is -2.55. The highest BCUT2D eigenvalue weighted by Gasteiger charge is 2.66. The molecule has 4 aromatic carbocycles. The average Bonchev–Trinajstić information content (AvgIpc) is 3.42. The second-order valence-electron chi connectivity index (χ2n) is 13.9. The fourth-order valence-electron chi connectivity index (χ4n) is 9.30. The lowest BCUT2D eigenvalue weighted by atomic mass is 9.44. The summed E-state index contributed by atoms with van der Waals surface area (Å²) >= 11 is 2.06. The van der Waals surface area contributed by atoms with E-state index in [1.54, 1.807) is 6.07 Å². The van der Waals surface area contributed by atoms with E-state index in [2.05, 4.69) is 29.5 Å². The van der Waals surface area contributed by atoms with E-state index in [1.165, 1.54) is 18.1 Å². The second-order valence-corrected chi connectivity index (χ2v) is 15.0. The van der Waals surface area contributed by atoms with Crippen molar-refractivity contribution in [3.8, 4) is 11.5 Å². The lowest BCUT2D eigenvalue weighted by Crippen LogP contribution is -2.58. The maximum Gasteiger partial charge on any atom is 0.238 e. The number of halogens is 1. The van der Waals surface area contributed by atoms with Gasteiger partial charge in [-0.3, -0.25) is 24.1 Å². The van der Waals surface area contributed by atoms with Crippen molar-refractivity contribution in [2.24, 2.45) is 23.7 Å². The summed E-state index contributed by atoms with van der Waals surface area (Å²) in [7, 11) is 1.48. The highest BCUT2D eigenvalue weighted by Crippen LogP contribution is 2.64. The summed E-state index contributed by atoms with van der Waals surface area (Å²) in [6.07, 6.45) is 4.95. The van der Waals surface area contributed by atoms with E-state index in [1.807, 2.05) is 97.1 Å². The number of methoxy groups -OCH3 is 1. The first kappa shape index (κ1) is 33.3. The number of hydrogen-bond acceptors (Lipinski definition) is 6. The first-order valence-corrected chi connectivity index (χ1v) is 18.4. The zero-order valence-electron chi connectivity index (χ0n) is 28.2. The molecule has 1 aliphatic heterocycles. The Morgan fingerprint density at radius 3 is 2.24 bits per heavy atom. The largest absolute Gasteiger partial charge is 0.504 e. The van der Waals surface area contributed by atoms with Crippen LogP contribution in [0.5, 0.6) is 11.5 Å². The van der Waals surface area contributed by atoms with Gasteiger partial charge in [0.25, 0.3) is 0 Å². The van der Waals surface area contributed by atoms with Crippen LogP contribution in [0.4, 0.5) is 5.69 Å². The maximum atomic E-state index is 15.2. The van der Waals surface area contributed by atoms with Crippen molar-refractivity contribution in [2.45, 2.75) is 37.5 Å². The minimum Gasteiger partial charge on any atom is -0.504 e. The molecule has 1 N–H and O–H groups in total. The van der Waals surface area contributed by atoms with Gasteiger partial charge in [-0.05, 0) is 100 Å². The summed E-state index contributed by atoms with van der Waals surface area (Å²) < 4.78 is 6.16. The van der Waals surface area contributed by atoms with Crippen LogP contribution in [-0.2, 0) is 31.0 Å². The number of aromatic hydroxyl groups is 1. The van der Waals surface area contributed by atoms with Gasteiger partial charge in [-0.25, -0.2) is 0 Å². The van der Waals surface area contributed by atoms with Crippen LogP contribution < -0.4 is 9.64 Å². The number of ether oxygens (including phenoxy) is 1. The zero-order valence-corrected chi connectivity index (χ0v) is 30.4. The molecule has 4 aliphatic rings. The summed E-state index contributed by atoms with van der Waals surface area (Å²) in [6, 6.07) is 29.8. The van der Waals surface area contributed by atoms with Gasteiger partial charge in [0.2, 0.25) is 11.8 Å². The number of ketones is 2. The number of rotatable bonds is 6. The van der Waals surface area contributed by atoms with Crippen LogP contribution in [0, 0.1) is 27.2 Å². The van der Waals surface area contributed by atoms with Crippen LogP contribution in [0.25, 0.3) is 5.57 Å². The molecule has 8 heteroatoms. The number of imide groups is 1. The molecule has 1 heterocycles. The van der Waals surface area contributed by atoms with Crippen molar-refractivity contribution in [1.29, 1.82) is 0 Å². The molecule has 2 fully saturated rings. The topological polar surface area (TPSA) is 101 Å². The first-order valence-electron chi connectivity index (χ1n) is 17.3. The third kappa shape index (κ3) is 4.97. The van der Waals surface area contributed by atoms with Crippen LogP contribution in [-0.4, -0.2) is 35.6 Å². The van der Waals surface area contributed by atoms with Gasteiger partial charge in [0, 0.05) is 17.4 Å². The second kappa shape index (κ2) is 12.7. The van der Waals surface area contributed by atoms with Crippen molar-refractivity contribution >= 4 is 57.2 Å². The molecule has 1 saturated heterocycles. The van der Waals surface area contributed by atoms with Gasteiger partial charge in [-0.15, -0.1) is 0 Å². The number of fused-ring (bicyclic) bond motifs is 4. The van der Waals surface area contributed by atoms with E-state index in [9.17, 15) is 14.7 Å². The minimum absolute atomic E-state index is 0.0178. The van der Waals surface area contributed by atoms with E-state index in [-0.39, 0.29) is 41.3 Å². The molecule has 8 rings (SSSR count). The van der Waals surface area contributed by atoms with Crippen LogP contribution in [0.2, 0.25) is 0 Å². The van der Waals surface area contributed by atoms with Gasteiger partial charge in [0.1, 0.15) is 0 Å². The van der Waals surface area contributed by atoms with Crippen LogP contribution in [0.15, 0.2) is 115 Å². The molecule has 4 aromatic rings. The Bertz CT molecular complexity index is 2160. The van der Waals surface area contributed by atoms with Crippen LogP contribution in [0.3, 0.4) is 0 Å². The number of phenolic OH excluding ortho intramolecular Hbond substituents is 1. The van der Waals surface area contributed by atoms with Gasteiger partial charge in [-0.2, -0.15) is 0 Å². The molecule has 1 saturated carbocycles. The number of phenols is 1. The first-order chi connectivity index (χ1) is 24.7. The van der Waals surface area contributed by atoms with E-state index < -0.39 is 35.0 Å². The molecule has 0 aromatic heterocycles. The molecule has 6 atom stereocenters. The molecule has 6 unspecified atom stereocenters. The number of Topliss-reactive ketones (excluding diaryl/α,β-unsaturated/α-hetero) is 1. The van der Waals surface area contributed by atoms with Crippen molar-refractivity contribution in [3.05, 3.63) is 141 Å². The molecular formula is C43H36INO6. The SMILES string of the molecule is CCc1ccc(N2C(=O)C3CC=C4C(CC5C(=O)C(c6ccccc6)=CC(=O)C5(c5ccccc5)C4c4cc(I)c(O)c(OC)c4)C3C2=O)cc1. The van der Waals surface area contributed by atoms with Gasteiger partial charge in [-0.1, -0.05) is 91.4 Å². The number of amides is 2. The fourth-order valence-corrected chi connectivity index (χ4v) is 9.93. The Balaban J connectivity index is 1.36. The highest BCUT2D eigenvalue weighted by atomic mass is 127. The van der Waals surface area contributed by atoms with Crippen LogP contribution in [0.1, 0.15) is 47.9 Å².